The van der Waals surface area contributed by atoms with Crippen LogP contribution >= 0.6 is 0 Å². The third kappa shape index (κ3) is 4.79. The Labute approximate surface area is 200 Å². The summed E-state index contributed by atoms with van der Waals surface area (Å²) < 4.78 is 33.5. The van der Waals surface area contributed by atoms with E-state index in [9.17, 15) is 13.2 Å². The summed E-state index contributed by atoms with van der Waals surface area (Å²) in [6.07, 6.45) is 5.35. The van der Waals surface area contributed by atoms with Crippen molar-refractivity contribution in [3.05, 3.63) is 24.4 Å². The van der Waals surface area contributed by atoms with Gasteiger partial charge in [-0.3, -0.25) is 14.8 Å². The highest BCUT2D eigenvalue weighted by atomic mass is 32.2. The summed E-state index contributed by atoms with van der Waals surface area (Å²) >= 11 is 0. The topological polar surface area (TPSA) is 106 Å². The molecule has 34 heavy (non-hydrogen) atoms. The van der Waals surface area contributed by atoms with Crippen molar-refractivity contribution in [1.29, 1.82) is 0 Å². The summed E-state index contributed by atoms with van der Waals surface area (Å²) in [4.78, 5) is 20.1. The molecule has 3 aliphatic rings. The van der Waals surface area contributed by atoms with Crippen LogP contribution in [0.1, 0.15) is 25.7 Å². The normalized spacial score (nSPS) is 24.5. The van der Waals surface area contributed by atoms with Gasteiger partial charge in [0, 0.05) is 51.5 Å². The van der Waals surface area contributed by atoms with Crippen molar-refractivity contribution in [2.75, 3.05) is 59.4 Å². The molecule has 10 nitrogen and oxygen atoms in total. The lowest BCUT2D eigenvalue weighted by Gasteiger charge is -2.43. The van der Waals surface area contributed by atoms with E-state index in [4.69, 9.17) is 4.42 Å². The Morgan fingerprint density at radius 1 is 1.03 bits per heavy atom. The van der Waals surface area contributed by atoms with E-state index in [1.807, 2.05) is 4.90 Å². The molecule has 0 saturated carbocycles. The molecular formula is C23H34N6O4S. The van der Waals surface area contributed by atoms with Crippen molar-refractivity contribution in [3.8, 4) is 11.5 Å². The van der Waals surface area contributed by atoms with Crippen LogP contribution < -0.4 is 0 Å². The minimum atomic E-state index is -3.81. The summed E-state index contributed by atoms with van der Waals surface area (Å²) in [5, 5.41) is 6.55. The molecule has 2 aromatic rings. The molecule has 0 unspecified atom stereocenters. The highest BCUT2D eigenvalue weighted by Gasteiger charge is 2.37. The Hall–Kier alpha value is -2.21. The van der Waals surface area contributed by atoms with Crippen LogP contribution in [0.15, 0.2) is 33.9 Å². The fourth-order valence-corrected chi connectivity index (χ4v) is 6.85. The van der Waals surface area contributed by atoms with Crippen molar-refractivity contribution in [2.24, 2.45) is 5.92 Å². The van der Waals surface area contributed by atoms with Gasteiger partial charge >= 0.3 is 0 Å². The number of nitrogens with zero attached hydrogens (tertiary/aromatic N) is 5. The first-order valence-corrected chi connectivity index (χ1v) is 13.7. The van der Waals surface area contributed by atoms with E-state index in [2.05, 4.69) is 27.0 Å². The van der Waals surface area contributed by atoms with Crippen LogP contribution in [-0.2, 0) is 14.8 Å². The van der Waals surface area contributed by atoms with E-state index in [0.717, 1.165) is 45.7 Å². The first kappa shape index (κ1) is 23.5. The third-order valence-electron chi connectivity index (χ3n) is 7.51. The highest BCUT2D eigenvalue weighted by Crippen LogP contribution is 2.29. The maximum Gasteiger partial charge on any atom is 0.276 e. The molecule has 1 N–H and O–H groups in total. The molecule has 3 aliphatic heterocycles. The Kier molecular flexibility index (Phi) is 6.79. The number of piperazine rings is 1. The van der Waals surface area contributed by atoms with Crippen LogP contribution in [0, 0.1) is 5.92 Å². The number of likely N-dealkylation sites (tertiary alicyclic amines) is 1. The molecule has 186 valence electrons. The van der Waals surface area contributed by atoms with Gasteiger partial charge in [-0.25, -0.2) is 8.42 Å². The highest BCUT2D eigenvalue weighted by molar-refractivity contribution is 7.89. The summed E-state index contributed by atoms with van der Waals surface area (Å²) in [6.45, 7) is 6.12. The number of rotatable bonds is 5. The fourth-order valence-electron chi connectivity index (χ4n) is 5.41. The lowest BCUT2D eigenvalue weighted by Crippen LogP contribution is -2.56. The standard InChI is InChI=1S/C23H34N6O4S/c1-26-11-7-19(8-12-26)27-13-15-28(16-14-27)23(30)18-3-2-10-29(17-18)34(31,32)22-5-4-21(33-22)20-6-9-24-25-20/h4-6,9,18-19H,2-3,7-8,10-17H2,1H3,(H,24,25)/t18-/m0/s1. The van der Waals surface area contributed by atoms with Crippen LogP contribution in [0.4, 0.5) is 0 Å². The number of aromatic nitrogens is 2. The van der Waals surface area contributed by atoms with E-state index in [1.165, 1.54) is 23.2 Å². The van der Waals surface area contributed by atoms with Crippen molar-refractivity contribution in [3.63, 3.8) is 0 Å². The summed E-state index contributed by atoms with van der Waals surface area (Å²) in [6, 6.07) is 5.43. The van der Waals surface area contributed by atoms with Crippen molar-refractivity contribution in [2.45, 2.75) is 36.8 Å². The zero-order valence-electron chi connectivity index (χ0n) is 19.7. The van der Waals surface area contributed by atoms with Gasteiger partial charge in [0.1, 0.15) is 5.69 Å². The van der Waals surface area contributed by atoms with Crippen LogP contribution in [0.3, 0.4) is 0 Å². The molecule has 5 rings (SSSR count). The zero-order chi connectivity index (χ0) is 23.7. The number of H-pyrrole nitrogens is 1. The number of aromatic amines is 1. The maximum absolute atomic E-state index is 13.3. The van der Waals surface area contributed by atoms with Crippen LogP contribution in [0.5, 0.6) is 0 Å². The second-order valence-corrected chi connectivity index (χ2v) is 11.6. The fraction of sp³-hybridized carbons (Fsp3) is 0.652. The molecule has 3 saturated heterocycles. The molecule has 0 aliphatic carbocycles. The van der Waals surface area contributed by atoms with Gasteiger partial charge in [-0.05, 0) is 64.0 Å². The number of piperidine rings is 2. The maximum atomic E-state index is 13.3. The van der Waals surface area contributed by atoms with Gasteiger partial charge < -0.3 is 14.2 Å². The minimum absolute atomic E-state index is 0.0838. The quantitative estimate of drug-likeness (QED) is 0.674. The zero-order valence-corrected chi connectivity index (χ0v) is 20.5. The summed E-state index contributed by atoms with van der Waals surface area (Å²) in [5.41, 5.74) is 0.618. The molecule has 1 amide bonds. The van der Waals surface area contributed by atoms with Gasteiger partial charge in [-0.1, -0.05) is 0 Å². The molecular weight excluding hydrogens is 456 g/mol. The summed E-state index contributed by atoms with van der Waals surface area (Å²) in [5.74, 6) is 0.198. The van der Waals surface area contributed by atoms with Crippen molar-refractivity contribution < 1.29 is 17.6 Å². The van der Waals surface area contributed by atoms with E-state index < -0.39 is 10.0 Å². The molecule has 2 aromatic heterocycles. The number of furan rings is 1. The minimum Gasteiger partial charge on any atom is -0.442 e. The number of hydrogen-bond acceptors (Lipinski definition) is 7. The van der Waals surface area contributed by atoms with Crippen LogP contribution in [0.25, 0.3) is 11.5 Å². The second-order valence-electron chi connectivity index (χ2n) is 9.69. The molecule has 0 bridgehead atoms. The van der Waals surface area contributed by atoms with E-state index >= 15 is 0 Å². The average molecular weight is 491 g/mol. The van der Waals surface area contributed by atoms with E-state index in [-0.39, 0.29) is 23.5 Å². The number of amides is 1. The number of nitrogens with one attached hydrogen (secondary N) is 1. The lowest BCUT2D eigenvalue weighted by molar-refractivity contribution is -0.139. The van der Waals surface area contributed by atoms with Gasteiger partial charge in [-0.15, -0.1) is 0 Å². The second kappa shape index (κ2) is 9.80. The number of carbonyl (C=O) groups is 1. The van der Waals surface area contributed by atoms with Gasteiger partial charge in [0.2, 0.25) is 11.0 Å². The third-order valence-corrected chi connectivity index (χ3v) is 9.24. The Balaban J connectivity index is 1.18. The number of carbonyl (C=O) groups excluding carboxylic acids is 1. The Morgan fingerprint density at radius 3 is 2.50 bits per heavy atom. The molecule has 1 atom stereocenters. The monoisotopic (exact) mass is 490 g/mol. The van der Waals surface area contributed by atoms with Gasteiger partial charge in [0.05, 0.1) is 5.92 Å². The van der Waals surface area contributed by atoms with Crippen molar-refractivity contribution in [1.82, 2.24) is 29.2 Å². The van der Waals surface area contributed by atoms with Gasteiger partial charge in [0.15, 0.2) is 5.76 Å². The lowest BCUT2D eigenvalue weighted by atomic mass is 9.97. The Bertz CT molecular complexity index is 1070. The van der Waals surface area contributed by atoms with E-state index in [1.54, 1.807) is 18.3 Å². The molecule has 5 heterocycles. The van der Waals surface area contributed by atoms with Gasteiger partial charge in [0.25, 0.3) is 10.0 Å². The van der Waals surface area contributed by atoms with E-state index in [0.29, 0.717) is 30.5 Å². The smallest absolute Gasteiger partial charge is 0.276 e. The first-order chi connectivity index (χ1) is 16.4. The first-order valence-electron chi connectivity index (χ1n) is 12.2. The molecule has 0 aromatic carbocycles. The molecule has 11 heteroatoms. The number of hydrogen-bond donors (Lipinski definition) is 1. The largest absolute Gasteiger partial charge is 0.442 e. The number of sulfonamides is 1. The SMILES string of the molecule is CN1CCC(N2CCN(C(=O)[C@H]3CCCN(S(=O)(=O)c4ccc(-c5ccn[nH]5)o4)C3)CC2)CC1. The Morgan fingerprint density at radius 2 is 1.79 bits per heavy atom. The van der Waals surface area contributed by atoms with Gasteiger partial charge in [-0.2, -0.15) is 9.40 Å². The van der Waals surface area contributed by atoms with Crippen LogP contribution in [0.2, 0.25) is 0 Å². The summed E-state index contributed by atoms with van der Waals surface area (Å²) in [7, 11) is -1.64. The molecule has 0 spiro atoms. The predicted octanol–water partition coefficient (Wildman–Crippen LogP) is 1.31. The molecule has 3 fully saturated rings. The molecule has 0 radical (unpaired) electrons. The average Bonchev–Trinajstić information content (AvgIpc) is 3.57. The van der Waals surface area contributed by atoms with Crippen molar-refractivity contribution >= 4 is 15.9 Å². The van der Waals surface area contributed by atoms with Crippen LogP contribution in [-0.4, -0.2) is 109 Å². The predicted molar refractivity (Wildman–Crippen MR) is 126 cm³/mol.